The summed E-state index contributed by atoms with van der Waals surface area (Å²) in [4.78, 5) is 4.88. The standard InChI is InChI=1S/C26H33N3O/c1-20-10-12-21(13-11-20)28-16-14-27(15-17-28)18-22(30)19-29-25-8-4-2-6-23(25)24-7-3-5-9-26(24)29/h2,4,6,8,10-13,22,30H,3,5,7,9,14-19H2,1H3/t22-/m1/s1. The van der Waals surface area contributed by atoms with Gasteiger partial charge in [-0.15, -0.1) is 0 Å². The third-order valence-corrected chi connectivity index (χ3v) is 6.92. The van der Waals surface area contributed by atoms with Gasteiger partial charge in [-0.2, -0.15) is 0 Å². The Labute approximate surface area is 179 Å². The van der Waals surface area contributed by atoms with E-state index in [2.05, 4.69) is 69.8 Å². The van der Waals surface area contributed by atoms with E-state index in [9.17, 15) is 5.11 Å². The molecule has 0 radical (unpaired) electrons. The topological polar surface area (TPSA) is 31.6 Å². The molecule has 1 atom stereocenters. The predicted octanol–water partition coefficient (Wildman–Crippen LogP) is 4.01. The van der Waals surface area contributed by atoms with Crippen LogP contribution < -0.4 is 4.90 Å². The first-order valence-corrected chi connectivity index (χ1v) is 11.5. The van der Waals surface area contributed by atoms with Gasteiger partial charge in [0.2, 0.25) is 0 Å². The fourth-order valence-corrected chi connectivity index (χ4v) is 5.31. The van der Waals surface area contributed by atoms with Gasteiger partial charge < -0.3 is 14.6 Å². The molecule has 0 unspecified atom stereocenters. The van der Waals surface area contributed by atoms with E-state index in [-0.39, 0.29) is 6.10 Å². The highest BCUT2D eigenvalue weighted by molar-refractivity contribution is 5.85. The van der Waals surface area contributed by atoms with E-state index in [1.165, 1.54) is 52.7 Å². The van der Waals surface area contributed by atoms with Crippen LogP contribution in [0.4, 0.5) is 5.69 Å². The van der Waals surface area contributed by atoms with Crippen molar-refractivity contribution in [2.45, 2.75) is 45.3 Å². The number of anilines is 1. The van der Waals surface area contributed by atoms with E-state index in [1.807, 2.05) is 0 Å². The Morgan fingerprint density at radius 1 is 0.867 bits per heavy atom. The number of hydrogen-bond donors (Lipinski definition) is 1. The number of piperazine rings is 1. The smallest absolute Gasteiger partial charge is 0.0845 e. The summed E-state index contributed by atoms with van der Waals surface area (Å²) in [6.45, 7) is 7.66. The van der Waals surface area contributed by atoms with Gasteiger partial charge in [-0.1, -0.05) is 35.9 Å². The molecule has 2 aromatic carbocycles. The normalized spacial score (nSPS) is 18.5. The highest BCUT2D eigenvalue weighted by Crippen LogP contribution is 2.32. The second-order valence-corrected chi connectivity index (χ2v) is 9.04. The number of rotatable bonds is 5. The van der Waals surface area contributed by atoms with Crippen LogP contribution in [-0.2, 0) is 19.4 Å². The molecule has 1 N–H and O–H groups in total. The predicted molar refractivity (Wildman–Crippen MR) is 124 cm³/mol. The van der Waals surface area contributed by atoms with Gasteiger partial charge in [0.05, 0.1) is 12.6 Å². The second kappa shape index (κ2) is 8.44. The molecule has 30 heavy (non-hydrogen) atoms. The number of hydrogen-bond acceptors (Lipinski definition) is 3. The quantitative estimate of drug-likeness (QED) is 0.698. The van der Waals surface area contributed by atoms with Crippen LogP contribution in [0.25, 0.3) is 10.9 Å². The number of benzene rings is 2. The zero-order valence-corrected chi connectivity index (χ0v) is 18.1. The van der Waals surface area contributed by atoms with Crippen LogP contribution >= 0.6 is 0 Å². The van der Waals surface area contributed by atoms with E-state index in [4.69, 9.17) is 0 Å². The van der Waals surface area contributed by atoms with Gasteiger partial charge in [0.15, 0.2) is 0 Å². The van der Waals surface area contributed by atoms with Crippen LogP contribution in [0.15, 0.2) is 48.5 Å². The number of β-amino-alcohol motifs (C(OH)–C–C–N with tert-alkyl or cyclic N) is 1. The first-order chi connectivity index (χ1) is 14.7. The molecule has 4 heteroatoms. The third kappa shape index (κ3) is 3.86. The van der Waals surface area contributed by atoms with Crippen LogP contribution in [0, 0.1) is 6.92 Å². The van der Waals surface area contributed by atoms with E-state index < -0.39 is 0 Å². The monoisotopic (exact) mass is 403 g/mol. The first-order valence-electron chi connectivity index (χ1n) is 11.5. The van der Waals surface area contributed by atoms with Crippen LogP contribution in [0.5, 0.6) is 0 Å². The van der Waals surface area contributed by atoms with E-state index >= 15 is 0 Å². The van der Waals surface area contributed by atoms with Crippen LogP contribution in [0.2, 0.25) is 0 Å². The molecule has 5 rings (SSSR count). The lowest BCUT2D eigenvalue weighted by atomic mass is 9.95. The number of aryl methyl sites for hydroxylation is 2. The molecular formula is C26H33N3O. The molecule has 3 aromatic rings. The van der Waals surface area contributed by atoms with Gasteiger partial charge in [0.1, 0.15) is 0 Å². The molecule has 1 aromatic heterocycles. The van der Waals surface area contributed by atoms with Gasteiger partial charge in [0.25, 0.3) is 0 Å². The highest BCUT2D eigenvalue weighted by atomic mass is 16.3. The second-order valence-electron chi connectivity index (χ2n) is 9.04. The van der Waals surface area contributed by atoms with E-state index in [0.29, 0.717) is 6.54 Å². The lowest BCUT2D eigenvalue weighted by Crippen LogP contribution is -2.49. The van der Waals surface area contributed by atoms with Crippen molar-refractivity contribution in [3.05, 3.63) is 65.4 Å². The summed E-state index contributed by atoms with van der Waals surface area (Å²) >= 11 is 0. The zero-order chi connectivity index (χ0) is 20.5. The average molecular weight is 404 g/mol. The summed E-state index contributed by atoms with van der Waals surface area (Å²) in [7, 11) is 0. The molecular weight excluding hydrogens is 370 g/mol. The highest BCUT2D eigenvalue weighted by Gasteiger charge is 2.23. The number of aliphatic hydroxyl groups excluding tert-OH is 1. The Morgan fingerprint density at radius 3 is 2.40 bits per heavy atom. The molecule has 1 saturated heterocycles. The molecule has 0 saturated carbocycles. The van der Waals surface area contributed by atoms with Crippen molar-refractivity contribution in [3.8, 4) is 0 Å². The van der Waals surface area contributed by atoms with Gasteiger partial charge in [-0.05, 0) is 56.4 Å². The van der Waals surface area contributed by atoms with Gasteiger partial charge in [0, 0.05) is 55.0 Å². The van der Waals surface area contributed by atoms with Gasteiger partial charge in [-0.3, -0.25) is 4.90 Å². The summed E-state index contributed by atoms with van der Waals surface area (Å²) in [5.74, 6) is 0. The van der Waals surface area contributed by atoms with Gasteiger partial charge in [-0.25, -0.2) is 0 Å². The average Bonchev–Trinajstić information content (AvgIpc) is 3.09. The van der Waals surface area contributed by atoms with Crippen molar-refractivity contribution < 1.29 is 5.11 Å². The maximum atomic E-state index is 11.0. The fraction of sp³-hybridized carbons (Fsp3) is 0.462. The van der Waals surface area contributed by atoms with Crippen molar-refractivity contribution >= 4 is 16.6 Å². The Bertz CT molecular complexity index is 999. The summed E-state index contributed by atoms with van der Waals surface area (Å²) < 4.78 is 2.41. The molecule has 1 aliphatic carbocycles. The molecule has 0 amide bonds. The van der Waals surface area contributed by atoms with Crippen LogP contribution in [0.3, 0.4) is 0 Å². The first kappa shape index (κ1) is 19.7. The van der Waals surface area contributed by atoms with Crippen LogP contribution in [0.1, 0.15) is 29.7 Å². The Hall–Kier alpha value is -2.30. The number of aromatic nitrogens is 1. The zero-order valence-electron chi connectivity index (χ0n) is 18.1. The van der Waals surface area contributed by atoms with Crippen molar-refractivity contribution in [2.75, 3.05) is 37.6 Å². The van der Waals surface area contributed by atoms with Gasteiger partial charge >= 0.3 is 0 Å². The molecule has 1 aliphatic heterocycles. The number of fused-ring (bicyclic) bond motifs is 3. The molecule has 1 fully saturated rings. The summed E-state index contributed by atoms with van der Waals surface area (Å²) in [6.07, 6.45) is 4.54. The largest absolute Gasteiger partial charge is 0.390 e. The van der Waals surface area contributed by atoms with E-state index in [0.717, 1.165) is 39.1 Å². The lowest BCUT2D eigenvalue weighted by Gasteiger charge is -2.37. The van der Waals surface area contributed by atoms with Crippen molar-refractivity contribution in [1.29, 1.82) is 0 Å². The molecule has 0 bridgehead atoms. The summed E-state index contributed by atoms with van der Waals surface area (Å²) in [5.41, 5.74) is 6.90. The maximum absolute atomic E-state index is 11.0. The van der Waals surface area contributed by atoms with E-state index in [1.54, 1.807) is 0 Å². The summed E-state index contributed by atoms with van der Waals surface area (Å²) in [6, 6.07) is 17.6. The minimum atomic E-state index is -0.335. The molecule has 4 nitrogen and oxygen atoms in total. The third-order valence-electron chi connectivity index (χ3n) is 6.92. The van der Waals surface area contributed by atoms with Crippen molar-refractivity contribution in [3.63, 3.8) is 0 Å². The molecule has 2 aliphatic rings. The molecule has 2 heterocycles. The number of aliphatic hydroxyl groups is 1. The van der Waals surface area contributed by atoms with Crippen molar-refractivity contribution in [1.82, 2.24) is 9.47 Å². The maximum Gasteiger partial charge on any atom is 0.0845 e. The Morgan fingerprint density at radius 2 is 1.60 bits per heavy atom. The summed E-state index contributed by atoms with van der Waals surface area (Å²) in [5, 5.41) is 12.4. The number of para-hydroxylation sites is 1. The fourth-order valence-electron chi connectivity index (χ4n) is 5.31. The minimum absolute atomic E-state index is 0.335. The Balaban J connectivity index is 1.23. The van der Waals surface area contributed by atoms with Crippen LogP contribution in [-0.4, -0.2) is 53.4 Å². The SMILES string of the molecule is Cc1ccc(N2CCN(C[C@@H](O)Cn3c4c(c5ccccc53)CCCC4)CC2)cc1. The minimum Gasteiger partial charge on any atom is -0.390 e. The molecule has 0 spiro atoms. The molecule has 158 valence electrons. The Kier molecular flexibility index (Phi) is 5.53. The number of nitrogens with zero attached hydrogens (tertiary/aromatic N) is 3. The van der Waals surface area contributed by atoms with Crippen molar-refractivity contribution in [2.24, 2.45) is 0 Å². The lowest BCUT2D eigenvalue weighted by molar-refractivity contribution is 0.0953.